The van der Waals surface area contributed by atoms with Crippen LogP contribution in [0.4, 0.5) is 4.79 Å². The first-order valence-corrected chi connectivity index (χ1v) is 15.0. The molecule has 0 aromatic heterocycles. The van der Waals surface area contributed by atoms with Gasteiger partial charge in [0, 0.05) is 9.89 Å². The predicted octanol–water partition coefficient (Wildman–Crippen LogP) is 7.09. The Labute approximate surface area is 254 Å². The van der Waals surface area contributed by atoms with Crippen molar-refractivity contribution in [3.05, 3.63) is 82.4 Å². The molecule has 0 saturated heterocycles. The predicted molar refractivity (Wildman–Crippen MR) is 170 cm³/mol. The van der Waals surface area contributed by atoms with E-state index in [-0.39, 0.29) is 35.8 Å². The Morgan fingerprint density at radius 2 is 1.90 bits per heavy atom. The molecule has 2 amide bonds. The van der Waals surface area contributed by atoms with E-state index in [0.29, 0.717) is 19.3 Å². The Balaban J connectivity index is 2.15. The van der Waals surface area contributed by atoms with Gasteiger partial charge in [0.2, 0.25) is 5.91 Å². The lowest BCUT2D eigenvalue weighted by Crippen LogP contribution is -2.36. The molecule has 0 radical (unpaired) electrons. The van der Waals surface area contributed by atoms with Gasteiger partial charge >= 0.3 is 6.09 Å². The van der Waals surface area contributed by atoms with Crippen molar-refractivity contribution in [3.8, 4) is 11.8 Å². The van der Waals surface area contributed by atoms with E-state index < -0.39 is 17.6 Å². The molecule has 1 unspecified atom stereocenters. The second-order valence-electron chi connectivity index (χ2n) is 11.7. The van der Waals surface area contributed by atoms with Crippen molar-refractivity contribution < 1.29 is 19.4 Å². The lowest BCUT2D eigenvalue weighted by Gasteiger charge is -2.28. The summed E-state index contributed by atoms with van der Waals surface area (Å²) >= 11 is 3.59. The largest absolute Gasteiger partial charge is 0.446 e. The van der Waals surface area contributed by atoms with Crippen molar-refractivity contribution in [2.75, 3.05) is 0 Å². The zero-order chi connectivity index (χ0) is 30.6. The number of hydrogen-bond acceptors (Lipinski definition) is 4. The molecule has 0 saturated carbocycles. The van der Waals surface area contributed by atoms with Gasteiger partial charge in [-0.25, -0.2) is 4.79 Å². The number of ether oxygens (including phenoxy) is 1. The van der Waals surface area contributed by atoms with Gasteiger partial charge in [0.05, 0.1) is 12.1 Å². The van der Waals surface area contributed by atoms with E-state index in [9.17, 15) is 14.7 Å². The van der Waals surface area contributed by atoms with E-state index >= 15 is 0 Å². The minimum Gasteiger partial charge on any atom is -0.446 e. The number of amides is 2. The third kappa shape index (κ3) is 11.7. The smallest absolute Gasteiger partial charge is 0.404 e. The van der Waals surface area contributed by atoms with Crippen molar-refractivity contribution in [2.45, 2.75) is 79.1 Å². The maximum absolute atomic E-state index is 12.6. The number of primary amides is 1. The normalized spacial score (nSPS) is 26.8. The third-order valence-corrected chi connectivity index (χ3v) is 8.38. The van der Waals surface area contributed by atoms with Crippen LogP contribution in [0.3, 0.4) is 0 Å². The highest BCUT2D eigenvalue weighted by Gasteiger charge is 2.28. The molecule has 41 heavy (non-hydrogen) atoms. The molecule has 222 valence electrons. The fourth-order valence-corrected chi connectivity index (χ4v) is 5.21. The minimum atomic E-state index is -0.761. The molecule has 1 aromatic carbocycles. The number of rotatable bonds is 5. The molecular weight excluding hydrogens is 580 g/mol. The number of carbonyl (C=O) groups is 2. The number of nitrogens with one attached hydrogen (secondary N) is 1. The van der Waals surface area contributed by atoms with Crippen LogP contribution < -0.4 is 11.1 Å². The molecule has 0 spiro atoms. The number of allylic oxidation sites excluding steroid dienone is 4. The fraction of sp³-hybridized carbons (Fsp3) is 0.471. The molecular formula is C34H45BrN2O4. The van der Waals surface area contributed by atoms with Crippen LogP contribution in [-0.4, -0.2) is 29.3 Å². The van der Waals surface area contributed by atoms with Gasteiger partial charge in [-0.3, -0.25) is 4.79 Å². The number of benzene rings is 1. The molecule has 4 N–H and O–H groups in total. The van der Waals surface area contributed by atoms with Crippen molar-refractivity contribution >= 4 is 27.9 Å². The Hall–Kier alpha value is -3.08. The van der Waals surface area contributed by atoms with E-state index in [1.165, 1.54) is 0 Å². The second-order valence-corrected chi connectivity index (χ2v) is 12.5. The summed E-state index contributed by atoms with van der Waals surface area (Å²) in [5.74, 6) is 6.26. The van der Waals surface area contributed by atoms with Crippen LogP contribution in [0.25, 0.3) is 0 Å². The number of nitrogens with two attached hydrogens (primary N) is 1. The fourth-order valence-electron chi connectivity index (χ4n) is 4.73. The quantitative estimate of drug-likeness (QED) is 0.240. The average molecular weight is 626 g/mol. The molecule has 1 aliphatic heterocycles. The van der Waals surface area contributed by atoms with Crippen molar-refractivity contribution in [1.29, 1.82) is 0 Å². The van der Waals surface area contributed by atoms with Gasteiger partial charge in [-0.05, 0) is 73.3 Å². The van der Waals surface area contributed by atoms with Crippen LogP contribution in [0.1, 0.15) is 71.1 Å². The molecule has 0 aliphatic carbocycles. The Morgan fingerprint density at radius 3 is 2.61 bits per heavy atom. The summed E-state index contributed by atoms with van der Waals surface area (Å²) in [7, 11) is 0. The number of aliphatic hydroxyl groups is 1. The maximum Gasteiger partial charge on any atom is 0.404 e. The average Bonchev–Trinajstić information content (AvgIpc) is 2.88. The Morgan fingerprint density at radius 1 is 1.20 bits per heavy atom. The molecule has 7 heteroatoms. The molecule has 6 nitrogen and oxygen atoms in total. The van der Waals surface area contributed by atoms with Crippen molar-refractivity contribution in [1.82, 2.24) is 5.32 Å². The van der Waals surface area contributed by atoms with Crippen molar-refractivity contribution in [2.24, 2.45) is 28.9 Å². The summed E-state index contributed by atoms with van der Waals surface area (Å²) in [5, 5.41) is 14.1. The molecule has 1 aromatic rings. The van der Waals surface area contributed by atoms with E-state index in [1.807, 2.05) is 64.1 Å². The molecule has 0 fully saturated rings. The third-order valence-electron chi connectivity index (χ3n) is 7.30. The van der Waals surface area contributed by atoms with Gasteiger partial charge in [-0.1, -0.05) is 111 Å². The van der Waals surface area contributed by atoms with E-state index in [2.05, 4.69) is 59.1 Å². The molecule has 0 bridgehead atoms. The molecule has 1 aliphatic rings. The zero-order valence-electron chi connectivity index (χ0n) is 25.1. The SMILES string of the molecule is Cc1cccc([C@@H](O)C(C)(C)/C=C/C#C/C=C/[C@H]2NC(=O)/C=C\C[C@@H](C)C[C@@H](OC(N)=O)C[C@@H](C)/C=C/C2C)c1Br. The minimum absolute atomic E-state index is 0.00243. The van der Waals surface area contributed by atoms with Crippen molar-refractivity contribution in [3.63, 3.8) is 0 Å². The molecule has 2 rings (SSSR count). The lowest BCUT2D eigenvalue weighted by atomic mass is 9.82. The van der Waals surface area contributed by atoms with Crippen LogP contribution >= 0.6 is 15.9 Å². The standard InChI is InChI=1S/C34H45BrN2O4/c1-23-13-11-17-30(38)37-29(25(3)19-18-24(2)22-27(21-23)41-33(36)40)16-9-7-8-10-20-34(5,6)32(39)28-15-12-14-26(4)31(28)35/h9-12,14-20,23-25,27,29,32,39H,13,21-22H2,1-6H3,(H2,36,40)(H,37,38)/b16-9+,17-11-,19-18+,20-10+/t23-,24+,25?,27-,29-,32-/m1/s1. The van der Waals surface area contributed by atoms with Crippen LogP contribution in [-0.2, 0) is 9.53 Å². The Kier molecular flexibility index (Phi) is 13.6. The monoisotopic (exact) mass is 624 g/mol. The maximum atomic E-state index is 12.6. The summed E-state index contributed by atoms with van der Waals surface area (Å²) in [4.78, 5) is 24.0. The van der Waals surface area contributed by atoms with Gasteiger partial charge in [0.25, 0.3) is 0 Å². The molecule has 6 atom stereocenters. The van der Waals surface area contributed by atoms with Gasteiger partial charge in [-0.2, -0.15) is 0 Å². The van der Waals surface area contributed by atoms with E-state index in [4.69, 9.17) is 10.5 Å². The lowest BCUT2D eigenvalue weighted by molar-refractivity contribution is -0.117. The number of aliphatic hydroxyl groups excluding tert-OH is 1. The van der Waals surface area contributed by atoms with E-state index in [0.717, 1.165) is 15.6 Å². The summed E-state index contributed by atoms with van der Waals surface area (Å²) in [5.41, 5.74) is 6.68. The first-order valence-electron chi connectivity index (χ1n) is 14.2. The van der Waals surface area contributed by atoms with Crippen LogP contribution in [0.2, 0.25) is 0 Å². The second kappa shape index (κ2) is 16.4. The number of halogens is 1. The van der Waals surface area contributed by atoms with E-state index in [1.54, 1.807) is 18.2 Å². The summed E-state index contributed by atoms with van der Waals surface area (Å²) < 4.78 is 6.28. The van der Waals surface area contributed by atoms with Gasteiger partial charge in [0.1, 0.15) is 6.10 Å². The highest BCUT2D eigenvalue weighted by atomic mass is 79.9. The van der Waals surface area contributed by atoms with Crippen LogP contribution in [0.5, 0.6) is 0 Å². The topological polar surface area (TPSA) is 102 Å². The zero-order valence-corrected chi connectivity index (χ0v) is 26.6. The van der Waals surface area contributed by atoms with Crippen LogP contribution in [0.15, 0.2) is 71.3 Å². The van der Waals surface area contributed by atoms with Gasteiger partial charge in [0.15, 0.2) is 0 Å². The van der Waals surface area contributed by atoms with Gasteiger partial charge < -0.3 is 20.9 Å². The summed E-state index contributed by atoms with van der Waals surface area (Å²) in [6.45, 7) is 12.1. The highest BCUT2D eigenvalue weighted by Crippen LogP contribution is 2.38. The number of carbonyl (C=O) groups excluding carboxylic acids is 2. The summed E-state index contributed by atoms with van der Waals surface area (Å²) in [6.07, 6.45) is 15.2. The molecule has 1 heterocycles. The first kappa shape index (κ1) is 34.1. The van der Waals surface area contributed by atoms with Crippen LogP contribution in [0, 0.1) is 41.9 Å². The highest BCUT2D eigenvalue weighted by molar-refractivity contribution is 9.10. The number of aryl methyl sites for hydroxylation is 1. The Bertz CT molecular complexity index is 1220. The van der Waals surface area contributed by atoms with Gasteiger partial charge in [-0.15, -0.1) is 0 Å². The number of hydrogen-bond donors (Lipinski definition) is 3. The first-order chi connectivity index (χ1) is 19.3. The summed E-state index contributed by atoms with van der Waals surface area (Å²) in [6, 6.07) is 5.60.